The Labute approximate surface area is 213 Å². The first-order chi connectivity index (χ1) is 17.4. The van der Waals surface area contributed by atoms with Crippen molar-refractivity contribution in [1.82, 2.24) is 5.32 Å². The smallest absolute Gasteiger partial charge is 0.258 e. The van der Waals surface area contributed by atoms with Gasteiger partial charge in [0.25, 0.3) is 5.91 Å². The van der Waals surface area contributed by atoms with E-state index >= 15 is 0 Å². The first kappa shape index (κ1) is 24.9. The Balaban J connectivity index is 1.57. The van der Waals surface area contributed by atoms with Crippen molar-refractivity contribution in [3.63, 3.8) is 0 Å². The van der Waals surface area contributed by atoms with Crippen LogP contribution >= 0.6 is 0 Å². The van der Waals surface area contributed by atoms with Gasteiger partial charge in [-0.3, -0.25) is 9.59 Å². The van der Waals surface area contributed by atoms with Crippen LogP contribution in [0.3, 0.4) is 0 Å². The molecule has 4 nitrogen and oxygen atoms in total. The van der Waals surface area contributed by atoms with Crippen LogP contribution in [-0.4, -0.2) is 11.8 Å². The Morgan fingerprint density at radius 1 is 0.778 bits per heavy atom. The van der Waals surface area contributed by atoms with Gasteiger partial charge in [0.2, 0.25) is 5.91 Å². The molecule has 4 heteroatoms. The van der Waals surface area contributed by atoms with E-state index in [4.69, 9.17) is 0 Å². The minimum Gasteiger partial charge on any atom is -0.349 e. The summed E-state index contributed by atoms with van der Waals surface area (Å²) in [5.74, 6) is -0.119. The van der Waals surface area contributed by atoms with E-state index in [0.29, 0.717) is 12.1 Å². The normalized spacial score (nSPS) is 11.5. The third kappa shape index (κ3) is 6.28. The highest BCUT2D eigenvalue weighted by Gasteiger charge is 2.20. The van der Waals surface area contributed by atoms with E-state index in [2.05, 4.69) is 29.6 Å². The number of hydrogen-bond donors (Lipinski definition) is 1. The highest BCUT2D eigenvalue weighted by Crippen LogP contribution is 2.24. The molecule has 4 aromatic carbocycles. The Bertz CT molecular complexity index is 1330. The maximum Gasteiger partial charge on any atom is 0.258 e. The molecule has 0 radical (unpaired) electrons. The summed E-state index contributed by atoms with van der Waals surface area (Å²) in [6.07, 6.45) is 0.238. The summed E-state index contributed by atoms with van der Waals surface area (Å²) in [5.41, 5.74) is 6.51. The highest BCUT2D eigenvalue weighted by molar-refractivity contribution is 6.07. The Morgan fingerprint density at radius 2 is 1.47 bits per heavy atom. The summed E-state index contributed by atoms with van der Waals surface area (Å²) in [5, 5.41) is 3.08. The van der Waals surface area contributed by atoms with Crippen molar-refractivity contribution in [2.45, 2.75) is 39.8 Å². The number of rotatable bonds is 8. The fourth-order valence-electron chi connectivity index (χ4n) is 4.25. The molecule has 0 saturated carbocycles. The Hall–Kier alpha value is -4.18. The number of hydrogen-bond acceptors (Lipinski definition) is 2. The van der Waals surface area contributed by atoms with Crippen molar-refractivity contribution in [2.24, 2.45) is 0 Å². The minimum absolute atomic E-state index is 0.0567. The van der Waals surface area contributed by atoms with Gasteiger partial charge < -0.3 is 10.2 Å². The van der Waals surface area contributed by atoms with E-state index in [1.165, 1.54) is 5.56 Å². The van der Waals surface area contributed by atoms with Crippen LogP contribution < -0.4 is 10.2 Å². The summed E-state index contributed by atoms with van der Waals surface area (Å²) in [6, 6.07) is 33.4. The molecule has 4 rings (SSSR count). The van der Waals surface area contributed by atoms with Gasteiger partial charge in [-0.2, -0.15) is 0 Å². The average Bonchev–Trinajstić information content (AvgIpc) is 2.89. The first-order valence-corrected chi connectivity index (χ1v) is 12.3. The second-order valence-corrected chi connectivity index (χ2v) is 9.24. The number of benzene rings is 4. The molecule has 4 aromatic rings. The molecule has 0 aliphatic carbocycles. The van der Waals surface area contributed by atoms with Gasteiger partial charge in [-0.05, 0) is 61.2 Å². The van der Waals surface area contributed by atoms with Crippen molar-refractivity contribution in [3.05, 3.63) is 137 Å². The van der Waals surface area contributed by atoms with Crippen LogP contribution in [0, 0.1) is 13.8 Å². The number of carbonyl (C=O) groups excluding carboxylic acids is 2. The van der Waals surface area contributed by atoms with Crippen LogP contribution in [0.5, 0.6) is 0 Å². The molecular weight excluding hydrogens is 444 g/mol. The van der Waals surface area contributed by atoms with Gasteiger partial charge in [-0.15, -0.1) is 0 Å². The topological polar surface area (TPSA) is 49.4 Å². The van der Waals surface area contributed by atoms with Crippen molar-refractivity contribution in [1.29, 1.82) is 0 Å². The number of anilines is 1. The van der Waals surface area contributed by atoms with Gasteiger partial charge in [0, 0.05) is 11.3 Å². The molecule has 0 bridgehead atoms. The van der Waals surface area contributed by atoms with Gasteiger partial charge >= 0.3 is 0 Å². The van der Waals surface area contributed by atoms with Crippen molar-refractivity contribution < 1.29 is 9.59 Å². The quantitative estimate of drug-likeness (QED) is 0.313. The molecule has 1 N–H and O–H groups in total. The average molecular weight is 477 g/mol. The van der Waals surface area contributed by atoms with E-state index in [1.807, 2.05) is 99.6 Å². The lowest BCUT2D eigenvalue weighted by Crippen LogP contribution is -2.31. The summed E-state index contributed by atoms with van der Waals surface area (Å²) in [7, 11) is 0. The second kappa shape index (κ2) is 11.5. The number of aryl methyl sites for hydroxylation is 2. The molecule has 0 spiro atoms. The van der Waals surface area contributed by atoms with Gasteiger partial charge in [0.1, 0.15) is 0 Å². The molecule has 0 aliphatic heterocycles. The molecule has 2 amide bonds. The molecule has 0 aliphatic rings. The molecule has 0 unspecified atom stereocenters. The van der Waals surface area contributed by atoms with Gasteiger partial charge in [-0.25, -0.2) is 0 Å². The first-order valence-electron chi connectivity index (χ1n) is 12.3. The summed E-state index contributed by atoms with van der Waals surface area (Å²) >= 11 is 0. The zero-order chi connectivity index (χ0) is 25.5. The molecule has 0 fully saturated rings. The second-order valence-electron chi connectivity index (χ2n) is 9.24. The molecule has 0 saturated heterocycles. The summed E-state index contributed by atoms with van der Waals surface area (Å²) in [6.45, 7) is 6.42. The fraction of sp³-hybridized carbons (Fsp3) is 0.188. The van der Waals surface area contributed by atoms with Gasteiger partial charge in [0.15, 0.2) is 0 Å². The highest BCUT2D eigenvalue weighted by atomic mass is 16.2. The lowest BCUT2D eigenvalue weighted by Gasteiger charge is -2.25. The standard InChI is InChI=1S/C32H32N2O2/c1-23-16-18-26(19-17-23)22-34(32(36)30-15-8-7-10-24(30)2)29-14-9-11-27(20-29)21-31(35)33-25(3)28-12-5-4-6-13-28/h4-20,25H,21-22H2,1-3H3,(H,33,35)/t25-/m1/s1. The zero-order valence-electron chi connectivity index (χ0n) is 21.1. The van der Waals surface area contributed by atoms with Crippen LogP contribution in [-0.2, 0) is 17.8 Å². The maximum atomic E-state index is 13.7. The van der Waals surface area contributed by atoms with E-state index in [1.54, 1.807) is 4.90 Å². The van der Waals surface area contributed by atoms with Crippen LogP contribution in [0.2, 0.25) is 0 Å². The number of amides is 2. The third-order valence-corrected chi connectivity index (χ3v) is 6.35. The molecule has 1 atom stereocenters. The zero-order valence-corrected chi connectivity index (χ0v) is 21.1. The van der Waals surface area contributed by atoms with Gasteiger partial charge in [-0.1, -0.05) is 90.5 Å². The molecule has 36 heavy (non-hydrogen) atoms. The van der Waals surface area contributed by atoms with Crippen LogP contribution in [0.25, 0.3) is 0 Å². The SMILES string of the molecule is Cc1ccc(CN(C(=O)c2ccccc2C)c2cccc(CC(=O)N[C@H](C)c3ccccc3)c2)cc1. The number of carbonyl (C=O) groups is 2. The van der Waals surface area contributed by atoms with E-state index in [9.17, 15) is 9.59 Å². The lowest BCUT2D eigenvalue weighted by molar-refractivity contribution is -0.121. The van der Waals surface area contributed by atoms with E-state index < -0.39 is 0 Å². The molecular formula is C32H32N2O2. The largest absolute Gasteiger partial charge is 0.349 e. The van der Waals surface area contributed by atoms with Crippen LogP contribution in [0.15, 0.2) is 103 Å². The third-order valence-electron chi connectivity index (χ3n) is 6.35. The van der Waals surface area contributed by atoms with E-state index in [0.717, 1.165) is 27.9 Å². The Kier molecular flexibility index (Phi) is 7.96. The monoisotopic (exact) mass is 476 g/mol. The van der Waals surface area contributed by atoms with Gasteiger partial charge in [0.05, 0.1) is 19.0 Å². The summed E-state index contributed by atoms with van der Waals surface area (Å²) in [4.78, 5) is 28.3. The fourth-order valence-corrected chi connectivity index (χ4v) is 4.25. The Morgan fingerprint density at radius 3 is 2.19 bits per heavy atom. The van der Waals surface area contributed by atoms with Crippen molar-refractivity contribution in [3.8, 4) is 0 Å². The van der Waals surface area contributed by atoms with Crippen molar-refractivity contribution in [2.75, 3.05) is 4.90 Å². The van der Waals surface area contributed by atoms with Crippen LogP contribution in [0.4, 0.5) is 5.69 Å². The molecule has 0 heterocycles. The van der Waals surface area contributed by atoms with Crippen LogP contribution in [0.1, 0.15) is 51.1 Å². The molecule has 182 valence electrons. The lowest BCUT2D eigenvalue weighted by atomic mass is 10.0. The maximum absolute atomic E-state index is 13.7. The predicted octanol–water partition coefficient (Wildman–Crippen LogP) is 6.57. The predicted molar refractivity (Wildman–Crippen MR) is 146 cm³/mol. The number of nitrogens with one attached hydrogen (secondary N) is 1. The number of nitrogens with zero attached hydrogens (tertiary/aromatic N) is 1. The molecule has 0 aromatic heterocycles. The van der Waals surface area contributed by atoms with Crippen molar-refractivity contribution >= 4 is 17.5 Å². The summed E-state index contributed by atoms with van der Waals surface area (Å²) < 4.78 is 0. The van der Waals surface area contributed by atoms with E-state index in [-0.39, 0.29) is 24.3 Å². The minimum atomic E-state index is -0.0810.